The summed E-state index contributed by atoms with van der Waals surface area (Å²) in [5.41, 5.74) is 0.600. The van der Waals surface area contributed by atoms with Crippen molar-refractivity contribution in [1.29, 1.82) is 0 Å². The summed E-state index contributed by atoms with van der Waals surface area (Å²) in [6, 6.07) is 8.87. The lowest BCUT2D eigenvalue weighted by Crippen LogP contribution is -2.30. The van der Waals surface area contributed by atoms with E-state index in [2.05, 4.69) is 16.1 Å². The lowest BCUT2D eigenvalue weighted by atomic mass is 9.96. The van der Waals surface area contributed by atoms with Crippen LogP contribution in [-0.4, -0.2) is 28.5 Å². The summed E-state index contributed by atoms with van der Waals surface area (Å²) < 4.78 is 31.8. The summed E-state index contributed by atoms with van der Waals surface area (Å²) in [5.74, 6) is 0.517. The second-order valence-corrected chi connectivity index (χ2v) is 9.83. The van der Waals surface area contributed by atoms with Crippen molar-refractivity contribution in [3.05, 3.63) is 52.2 Å². The minimum absolute atomic E-state index is 0.0192. The lowest BCUT2D eigenvalue weighted by molar-refractivity contribution is -0.117. The molecule has 1 aliphatic carbocycles. The summed E-state index contributed by atoms with van der Waals surface area (Å²) in [6.07, 6.45) is 7.71. The molecular weight excluding hydrogens is 408 g/mol. The molecule has 8 heteroatoms. The first kappa shape index (κ1) is 21.5. The number of nitrogens with one attached hydrogen (secondary N) is 2. The zero-order valence-corrected chi connectivity index (χ0v) is 18.2. The van der Waals surface area contributed by atoms with E-state index in [-0.39, 0.29) is 22.6 Å². The number of methoxy groups -OCH3 is 1. The molecule has 0 aliphatic heterocycles. The van der Waals surface area contributed by atoms with Crippen molar-refractivity contribution in [3.8, 4) is 5.75 Å². The maximum atomic E-state index is 12.6. The Kier molecular flexibility index (Phi) is 7.10. The second kappa shape index (κ2) is 9.56. The molecule has 1 saturated carbocycles. The van der Waals surface area contributed by atoms with Crippen molar-refractivity contribution in [1.82, 2.24) is 10.0 Å². The smallest absolute Gasteiger partial charge is 0.244 e. The number of thiophene rings is 1. The molecule has 1 unspecified atom stereocenters. The van der Waals surface area contributed by atoms with Crippen LogP contribution >= 0.6 is 11.3 Å². The second-order valence-electron chi connectivity index (χ2n) is 7.00. The number of amides is 1. The number of carbonyl (C=O) groups excluding carboxylic acids is 1. The van der Waals surface area contributed by atoms with Crippen molar-refractivity contribution >= 4 is 33.3 Å². The molecule has 0 radical (unpaired) electrons. The Hall–Kier alpha value is -2.16. The first-order chi connectivity index (χ1) is 13.9. The van der Waals surface area contributed by atoms with E-state index >= 15 is 0 Å². The van der Waals surface area contributed by atoms with E-state index in [1.807, 2.05) is 11.4 Å². The molecule has 0 bridgehead atoms. The molecule has 1 aromatic carbocycles. The van der Waals surface area contributed by atoms with Gasteiger partial charge in [0.1, 0.15) is 10.6 Å². The average Bonchev–Trinajstić information content (AvgIpc) is 3.44. The Labute approximate surface area is 176 Å². The minimum atomic E-state index is -3.67. The van der Waals surface area contributed by atoms with Crippen LogP contribution in [0.2, 0.25) is 0 Å². The van der Waals surface area contributed by atoms with Gasteiger partial charge >= 0.3 is 0 Å². The summed E-state index contributed by atoms with van der Waals surface area (Å²) in [7, 11) is -0.907. The number of hydrogen-bond acceptors (Lipinski definition) is 5. The maximum absolute atomic E-state index is 12.6. The molecule has 1 aliphatic rings. The quantitative estimate of drug-likeness (QED) is 0.620. The van der Waals surface area contributed by atoms with Gasteiger partial charge in [-0.3, -0.25) is 4.79 Å². The minimum Gasteiger partial charge on any atom is -0.495 e. The number of sulfonamides is 1. The molecule has 1 aromatic heterocycles. The molecule has 156 valence electrons. The van der Waals surface area contributed by atoms with Crippen LogP contribution in [0, 0.1) is 5.92 Å². The molecule has 0 saturated heterocycles. The highest BCUT2D eigenvalue weighted by Crippen LogP contribution is 2.37. The number of carbonyl (C=O) groups is 1. The van der Waals surface area contributed by atoms with Crippen LogP contribution in [0.1, 0.15) is 42.2 Å². The third-order valence-corrected chi connectivity index (χ3v) is 7.58. The monoisotopic (exact) mass is 434 g/mol. The van der Waals surface area contributed by atoms with Crippen molar-refractivity contribution < 1.29 is 17.9 Å². The van der Waals surface area contributed by atoms with Gasteiger partial charge in [0.05, 0.1) is 13.2 Å². The Morgan fingerprint density at radius 2 is 2.03 bits per heavy atom. The predicted octanol–water partition coefficient (Wildman–Crippen LogP) is 3.73. The van der Waals surface area contributed by atoms with Crippen LogP contribution in [0.4, 0.5) is 0 Å². The molecule has 0 spiro atoms. The summed E-state index contributed by atoms with van der Waals surface area (Å²) in [5, 5.41) is 5.17. The number of hydrogen-bond donors (Lipinski definition) is 2. The Bertz CT molecular complexity index is 963. The zero-order chi connectivity index (χ0) is 20.9. The largest absolute Gasteiger partial charge is 0.495 e. The summed E-state index contributed by atoms with van der Waals surface area (Å²) in [6.45, 7) is 0. The lowest BCUT2D eigenvalue weighted by Gasteiger charge is -2.23. The summed E-state index contributed by atoms with van der Waals surface area (Å²) >= 11 is 1.66. The molecular formula is C21H26N2O4S2. The van der Waals surface area contributed by atoms with Gasteiger partial charge in [-0.05, 0) is 61.0 Å². The van der Waals surface area contributed by atoms with Crippen molar-refractivity contribution in [2.45, 2.75) is 36.6 Å². The van der Waals surface area contributed by atoms with Crippen molar-refractivity contribution in [2.75, 3.05) is 14.2 Å². The van der Waals surface area contributed by atoms with E-state index in [1.165, 1.54) is 44.0 Å². The van der Waals surface area contributed by atoms with Crippen LogP contribution in [0.25, 0.3) is 6.08 Å². The fourth-order valence-electron chi connectivity index (χ4n) is 3.67. The highest BCUT2D eigenvalue weighted by molar-refractivity contribution is 7.89. The van der Waals surface area contributed by atoms with E-state index in [9.17, 15) is 13.2 Å². The molecule has 1 amide bonds. The Morgan fingerprint density at radius 3 is 2.66 bits per heavy atom. The Morgan fingerprint density at radius 1 is 1.28 bits per heavy atom. The average molecular weight is 435 g/mol. The van der Waals surface area contributed by atoms with Crippen LogP contribution in [0.5, 0.6) is 5.75 Å². The van der Waals surface area contributed by atoms with Gasteiger partial charge in [0, 0.05) is 11.0 Å². The van der Waals surface area contributed by atoms with E-state index in [0.29, 0.717) is 11.5 Å². The van der Waals surface area contributed by atoms with E-state index in [1.54, 1.807) is 29.5 Å². The molecule has 6 nitrogen and oxygen atoms in total. The fraction of sp³-hybridized carbons (Fsp3) is 0.381. The van der Waals surface area contributed by atoms with E-state index in [4.69, 9.17) is 4.74 Å². The topological polar surface area (TPSA) is 84.5 Å². The normalized spacial score (nSPS) is 16.2. The van der Waals surface area contributed by atoms with Gasteiger partial charge in [0.15, 0.2) is 0 Å². The number of rotatable bonds is 8. The summed E-state index contributed by atoms with van der Waals surface area (Å²) in [4.78, 5) is 13.8. The van der Waals surface area contributed by atoms with Gasteiger partial charge in [-0.1, -0.05) is 25.0 Å². The number of benzene rings is 1. The van der Waals surface area contributed by atoms with Gasteiger partial charge in [0.25, 0.3) is 0 Å². The number of ether oxygens (including phenoxy) is 1. The highest BCUT2D eigenvalue weighted by Gasteiger charge is 2.28. The maximum Gasteiger partial charge on any atom is 0.244 e. The van der Waals surface area contributed by atoms with Gasteiger partial charge in [-0.15, -0.1) is 11.3 Å². The van der Waals surface area contributed by atoms with Crippen molar-refractivity contribution in [3.63, 3.8) is 0 Å². The standard InChI is InChI=1S/C21H26N2O4S2/c1-22-29(25,26)19-14-15(9-11-17(19)27-2)10-12-20(24)23-21(16-6-3-4-7-16)18-8-5-13-28-18/h5,8-14,16,21-22H,3-4,6-7H2,1-2H3,(H,23,24)/b12-10+. The molecule has 2 aromatic rings. The van der Waals surface area contributed by atoms with Crippen LogP contribution in [-0.2, 0) is 14.8 Å². The molecule has 1 atom stereocenters. The molecule has 2 N–H and O–H groups in total. The SMILES string of the molecule is CNS(=O)(=O)c1cc(/C=C/C(=O)NC(c2cccs2)C2CCCC2)ccc1OC. The van der Waals surface area contributed by atoms with E-state index in [0.717, 1.165) is 12.8 Å². The van der Waals surface area contributed by atoms with Gasteiger partial charge < -0.3 is 10.1 Å². The molecule has 1 fully saturated rings. The fourth-order valence-corrected chi connectivity index (χ4v) is 5.47. The molecule has 3 rings (SSSR count). The third kappa shape index (κ3) is 5.26. The van der Waals surface area contributed by atoms with Crippen LogP contribution < -0.4 is 14.8 Å². The predicted molar refractivity (Wildman–Crippen MR) is 115 cm³/mol. The Balaban J connectivity index is 1.76. The van der Waals surface area contributed by atoms with Crippen LogP contribution in [0.3, 0.4) is 0 Å². The first-order valence-electron chi connectivity index (χ1n) is 9.58. The third-order valence-electron chi connectivity index (χ3n) is 5.19. The molecule has 1 heterocycles. The van der Waals surface area contributed by atoms with Gasteiger partial charge in [-0.25, -0.2) is 13.1 Å². The zero-order valence-electron chi connectivity index (χ0n) is 16.6. The van der Waals surface area contributed by atoms with Crippen molar-refractivity contribution in [2.24, 2.45) is 5.92 Å². The van der Waals surface area contributed by atoms with Gasteiger partial charge in [0.2, 0.25) is 15.9 Å². The van der Waals surface area contributed by atoms with E-state index < -0.39 is 10.0 Å². The molecule has 29 heavy (non-hydrogen) atoms. The highest BCUT2D eigenvalue weighted by atomic mass is 32.2. The first-order valence-corrected chi connectivity index (χ1v) is 11.9. The van der Waals surface area contributed by atoms with Gasteiger partial charge in [-0.2, -0.15) is 0 Å². The van der Waals surface area contributed by atoms with Crippen LogP contribution in [0.15, 0.2) is 46.7 Å².